The first-order chi connectivity index (χ1) is 16.2. The highest BCUT2D eigenvalue weighted by Crippen LogP contribution is 2.46. The number of aromatic nitrogens is 3. The molecule has 0 unspecified atom stereocenters. The number of methoxy groups -OCH3 is 1. The lowest BCUT2D eigenvalue weighted by Gasteiger charge is -2.24. The summed E-state index contributed by atoms with van der Waals surface area (Å²) in [5.41, 5.74) is 0.953. The summed E-state index contributed by atoms with van der Waals surface area (Å²) in [4.78, 5) is 12.3. The number of fused-ring (bicyclic) bond motifs is 3. The van der Waals surface area contributed by atoms with Gasteiger partial charge in [-0.15, -0.1) is 10.2 Å². The average molecular weight is 561 g/mol. The number of alkyl halides is 3. The zero-order valence-corrected chi connectivity index (χ0v) is 20.2. The van der Waals surface area contributed by atoms with E-state index in [0.29, 0.717) is 21.3 Å². The van der Waals surface area contributed by atoms with Crippen LogP contribution in [0.1, 0.15) is 48.3 Å². The molecule has 12 heteroatoms. The SMILES string of the molecule is CCOC(=O)C[C@H]1O[C@H](c2cccc(OC)c2Cl)c2cc(Br)ccc2-n2c1nnc2C(F)(F)F. The summed E-state index contributed by atoms with van der Waals surface area (Å²) in [6, 6.07) is 9.74. The number of carbonyl (C=O) groups excluding carboxylic acids is 1. The van der Waals surface area contributed by atoms with E-state index >= 15 is 0 Å². The molecule has 1 aliphatic rings. The maximum Gasteiger partial charge on any atom is 0.452 e. The molecule has 7 nitrogen and oxygen atoms in total. The molecule has 0 amide bonds. The van der Waals surface area contributed by atoms with E-state index in [1.54, 1.807) is 37.3 Å². The van der Waals surface area contributed by atoms with Crippen molar-refractivity contribution in [3.8, 4) is 11.4 Å². The second kappa shape index (κ2) is 9.55. The first-order valence-corrected chi connectivity index (χ1v) is 11.3. The Hall–Kier alpha value is -2.63. The molecule has 0 saturated carbocycles. The minimum Gasteiger partial charge on any atom is -0.495 e. The topological polar surface area (TPSA) is 75.5 Å². The van der Waals surface area contributed by atoms with Crippen LogP contribution in [0.25, 0.3) is 5.69 Å². The maximum absolute atomic E-state index is 13.9. The van der Waals surface area contributed by atoms with Gasteiger partial charge in [0.1, 0.15) is 18.0 Å². The summed E-state index contributed by atoms with van der Waals surface area (Å²) in [7, 11) is 1.45. The number of hydrogen-bond acceptors (Lipinski definition) is 6. The fourth-order valence-electron chi connectivity index (χ4n) is 3.80. The summed E-state index contributed by atoms with van der Waals surface area (Å²) in [6.07, 6.45) is -7.35. The van der Waals surface area contributed by atoms with Crippen molar-refractivity contribution in [2.45, 2.75) is 31.7 Å². The van der Waals surface area contributed by atoms with E-state index in [2.05, 4.69) is 26.1 Å². The molecule has 1 aliphatic heterocycles. The van der Waals surface area contributed by atoms with Crippen molar-refractivity contribution in [3.05, 3.63) is 68.7 Å². The van der Waals surface area contributed by atoms with Crippen molar-refractivity contribution < 1.29 is 32.2 Å². The Balaban J connectivity index is 1.98. The Morgan fingerprint density at radius 3 is 2.68 bits per heavy atom. The molecule has 2 aromatic carbocycles. The summed E-state index contributed by atoms with van der Waals surface area (Å²) in [6.45, 7) is 1.73. The molecule has 0 aliphatic carbocycles. The van der Waals surface area contributed by atoms with Gasteiger partial charge in [-0.05, 0) is 31.2 Å². The van der Waals surface area contributed by atoms with Crippen molar-refractivity contribution in [2.24, 2.45) is 0 Å². The van der Waals surface area contributed by atoms with Gasteiger partial charge in [0.15, 0.2) is 5.82 Å². The summed E-state index contributed by atoms with van der Waals surface area (Å²) in [5, 5.41) is 7.38. The van der Waals surface area contributed by atoms with Crippen LogP contribution in [-0.4, -0.2) is 34.5 Å². The third-order valence-electron chi connectivity index (χ3n) is 5.20. The normalized spacial score (nSPS) is 17.5. The van der Waals surface area contributed by atoms with E-state index < -0.39 is 30.2 Å². The molecule has 0 radical (unpaired) electrons. The van der Waals surface area contributed by atoms with Crippen LogP contribution in [0.2, 0.25) is 5.02 Å². The Morgan fingerprint density at radius 1 is 1.24 bits per heavy atom. The number of rotatable bonds is 5. The molecule has 0 saturated heterocycles. The van der Waals surface area contributed by atoms with E-state index in [0.717, 1.165) is 4.57 Å². The fraction of sp³-hybridized carbons (Fsp3) is 0.318. The van der Waals surface area contributed by atoms with Crippen molar-refractivity contribution in [2.75, 3.05) is 13.7 Å². The van der Waals surface area contributed by atoms with Crippen LogP contribution in [-0.2, 0) is 20.4 Å². The lowest BCUT2D eigenvalue weighted by Crippen LogP contribution is -2.18. The predicted molar refractivity (Wildman–Crippen MR) is 119 cm³/mol. The van der Waals surface area contributed by atoms with Crippen molar-refractivity contribution in [3.63, 3.8) is 0 Å². The number of esters is 1. The summed E-state index contributed by atoms with van der Waals surface area (Å²) in [5.74, 6) is -1.70. The van der Waals surface area contributed by atoms with Gasteiger partial charge in [-0.3, -0.25) is 9.36 Å². The Morgan fingerprint density at radius 2 is 2.00 bits per heavy atom. The van der Waals surface area contributed by atoms with Gasteiger partial charge < -0.3 is 14.2 Å². The number of nitrogens with zero attached hydrogens (tertiary/aromatic N) is 3. The van der Waals surface area contributed by atoms with Gasteiger partial charge in [-0.25, -0.2) is 0 Å². The number of hydrogen-bond donors (Lipinski definition) is 0. The zero-order valence-electron chi connectivity index (χ0n) is 17.9. The van der Waals surface area contributed by atoms with Gasteiger partial charge in [0.25, 0.3) is 0 Å². The van der Waals surface area contributed by atoms with Crippen LogP contribution in [0.5, 0.6) is 5.75 Å². The number of benzene rings is 2. The third-order valence-corrected chi connectivity index (χ3v) is 6.09. The molecule has 180 valence electrons. The van der Waals surface area contributed by atoms with Crippen molar-refractivity contribution in [1.82, 2.24) is 14.8 Å². The van der Waals surface area contributed by atoms with Crippen LogP contribution in [0, 0.1) is 0 Å². The smallest absolute Gasteiger partial charge is 0.452 e. The van der Waals surface area contributed by atoms with E-state index in [9.17, 15) is 18.0 Å². The van der Waals surface area contributed by atoms with E-state index in [1.807, 2.05) is 0 Å². The molecule has 2 heterocycles. The molecule has 3 aromatic rings. The van der Waals surface area contributed by atoms with Crippen LogP contribution < -0.4 is 4.74 Å². The number of ether oxygens (including phenoxy) is 3. The van der Waals surface area contributed by atoms with Gasteiger partial charge in [0, 0.05) is 15.6 Å². The second-order valence-corrected chi connectivity index (χ2v) is 8.59. The lowest BCUT2D eigenvalue weighted by molar-refractivity contribution is -0.147. The van der Waals surface area contributed by atoms with Crippen molar-refractivity contribution >= 4 is 33.5 Å². The highest BCUT2D eigenvalue weighted by molar-refractivity contribution is 9.10. The van der Waals surface area contributed by atoms with Crippen LogP contribution >= 0.6 is 27.5 Å². The van der Waals surface area contributed by atoms with Crippen LogP contribution in [0.3, 0.4) is 0 Å². The fourth-order valence-corrected chi connectivity index (χ4v) is 4.48. The zero-order chi connectivity index (χ0) is 24.6. The summed E-state index contributed by atoms with van der Waals surface area (Å²) >= 11 is 9.95. The van der Waals surface area contributed by atoms with Crippen LogP contribution in [0.4, 0.5) is 13.2 Å². The molecule has 0 bridgehead atoms. The average Bonchev–Trinajstić information content (AvgIpc) is 3.18. The van der Waals surface area contributed by atoms with Gasteiger partial charge >= 0.3 is 12.1 Å². The first-order valence-electron chi connectivity index (χ1n) is 10.1. The van der Waals surface area contributed by atoms with Gasteiger partial charge in [0.05, 0.1) is 30.8 Å². The summed E-state index contributed by atoms with van der Waals surface area (Å²) < 4.78 is 59.8. The molecule has 4 rings (SSSR count). The standard InChI is InChI=1S/C22H18BrClF3N3O4/c1-3-33-17(31)10-16-20-28-29-21(22(25,26)27)30(20)14-8-7-11(23)9-13(14)19(34-16)12-5-4-6-15(32-2)18(12)24/h4-9,16,19H,3,10H2,1-2H3/t16-,19-/m1/s1. The maximum atomic E-state index is 13.9. The van der Waals surface area contributed by atoms with Crippen molar-refractivity contribution in [1.29, 1.82) is 0 Å². The molecule has 2 atom stereocenters. The Labute approximate surface area is 205 Å². The van der Waals surface area contributed by atoms with E-state index in [1.165, 1.54) is 13.2 Å². The minimum absolute atomic E-state index is 0.102. The van der Waals surface area contributed by atoms with E-state index in [-0.39, 0.29) is 29.6 Å². The molecule has 1 aromatic heterocycles. The van der Waals surface area contributed by atoms with Crippen LogP contribution in [0.15, 0.2) is 40.9 Å². The second-order valence-electron chi connectivity index (χ2n) is 7.30. The predicted octanol–water partition coefficient (Wildman–Crippen LogP) is 5.82. The molecule has 0 fully saturated rings. The molecule has 0 N–H and O–H groups in total. The highest BCUT2D eigenvalue weighted by Gasteiger charge is 2.43. The molecule has 0 spiro atoms. The lowest BCUT2D eigenvalue weighted by atomic mass is 9.99. The molecular weight excluding hydrogens is 543 g/mol. The molecular formula is C22H18BrClF3N3O4. The first kappa shape index (κ1) is 24.5. The van der Waals surface area contributed by atoms with Gasteiger partial charge in [-0.1, -0.05) is 39.7 Å². The van der Waals surface area contributed by atoms with E-state index in [4.69, 9.17) is 25.8 Å². The van der Waals surface area contributed by atoms with Gasteiger partial charge in [-0.2, -0.15) is 13.2 Å². The number of carbonyl (C=O) groups is 1. The monoisotopic (exact) mass is 559 g/mol. The Bertz CT molecular complexity index is 1230. The largest absolute Gasteiger partial charge is 0.495 e. The quantitative estimate of drug-likeness (QED) is 0.366. The third kappa shape index (κ3) is 4.51. The Kier molecular flexibility index (Phi) is 6.88. The number of halogens is 5. The highest BCUT2D eigenvalue weighted by atomic mass is 79.9. The minimum atomic E-state index is -4.81. The van der Waals surface area contributed by atoms with Gasteiger partial charge in [0.2, 0.25) is 5.82 Å². The molecule has 34 heavy (non-hydrogen) atoms.